The molecule has 0 aliphatic carbocycles. The molecule has 1 atom stereocenters. The Hall–Kier alpha value is -0.710. The second kappa shape index (κ2) is 11.0. The van der Waals surface area contributed by atoms with Crippen LogP contribution < -0.4 is 14.8 Å². The summed E-state index contributed by atoms with van der Waals surface area (Å²) in [5.41, 5.74) is 1.00. The predicted molar refractivity (Wildman–Crippen MR) is 99.2 cm³/mol. The molecule has 8 heteroatoms. The Balaban J connectivity index is 0.00000242. The lowest BCUT2D eigenvalue weighted by Gasteiger charge is -2.34. The number of benzene rings is 1. The molecule has 1 aromatic rings. The van der Waals surface area contributed by atoms with Gasteiger partial charge in [0.2, 0.25) is 0 Å². The maximum Gasteiger partial charge on any atom is 0.133 e. The average Bonchev–Trinajstić information content (AvgIpc) is 2.53. The molecular formula is C15H22BrCl2N3O2. The number of hydrogen-bond donors (Lipinski definition) is 1. The number of methoxy groups -OCH3 is 2. The first-order valence-electron chi connectivity index (χ1n) is 6.94. The van der Waals surface area contributed by atoms with Crippen molar-refractivity contribution in [1.29, 1.82) is 5.26 Å². The van der Waals surface area contributed by atoms with Crippen LogP contribution in [-0.4, -0.2) is 45.3 Å². The standard InChI is InChI=1S/C15H20BrN3O2.2ClH/c1-20-14-10-12(16)15(21-2)9-11(14)13(3-4-17)19-7-5-18-6-8-19;;/h9-10,13,18H,3,5-8H2,1-2H3;2*1H/t13-;;/m1../s1. The van der Waals surface area contributed by atoms with Crippen LogP contribution in [-0.2, 0) is 0 Å². The van der Waals surface area contributed by atoms with Crippen molar-refractivity contribution in [3.05, 3.63) is 22.2 Å². The van der Waals surface area contributed by atoms with Gasteiger partial charge in [-0.3, -0.25) is 4.90 Å². The molecule has 1 fully saturated rings. The quantitative estimate of drug-likeness (QED) is 0.783. The lowest BCUT2D eigenvalue weighted by molar-refractivity contribution is 0.172. The number of hydrogen-bond acceptors (Lipinski definition) is 5. The lowest BCUT2D eigenvalue weighted by atomic mass is 10.00. The van der Waals surface area contributed by atoms with Gasteiger partial charge in [0.05, 0.1) is 37.2 Å². The maximum absolute atomic E-state index is 9.20. The van der Waals surface area contributed by atoms with E-state index < -0.39 is 0 Å². The molecule has 1 heterocycles. The normalized spacial score (nSPS) is 15.6. The van der Waals surface area contributed by atoms with E-state index in [9.17, 15) is 5.26 Å². The van der Waals surface area contributed by atoms with Crippen LogP contribution in [0.4, 0.5) is 0 Å². The van der Waals surface area contributed by atoms with Crippen molar-refractivity contribution < 1.29 is 9.47 Å². The second-order valence-corrected chi connectivity index (χ2v) is 5.75. The van der Waals surface area contributed by atoms with Gasteiger partial charge in [-0.05, 0) is 28.1 Å². The van der Waals surface area contributed by atoms with Gasteiger partial charge in [-0.15, -0.1) is 24.8 Å². The molecular weight excluding hydrogens is 405 g/mol. The van der Waals surface area contributed by atoms with Crippen LogP contribution in [0.1, 0.15) is 18.0 Å². The zero-order valence-electron chi connectivity index (χ0n) is 13.2. The van der Waals surface area contributed by atoms with Crippen molar-refractivity contribution in [3.63, 3.8) is 0 Å². The third-order valence-corrected chi connectivity index (χ3v) is 4.36. The SMILES string of the molecule is COc1cc([C@@H](CC#N)N2CCNCC2)c(OC)cc1Br.Cl.Cl. The molecule has 0 bridgehead atoms. The monoisotopic (exact) mass is 425 g/mol. The second-order valence-electron chi connectivity index (χ2n) is 4.89. The molecule has 5 nitrogen and oxygen atoms in total. The summed E-state index contributed by atoms with van der Waals surface area (Å²) in [7, 11) is 3.29. The molecule has 1 N–H and O–H groups in total. The van der Waals surface area contributed by atoms with Gasteiger partial charge in [0.1, 0.15) is 11.5 Å². The average molecular weight is 427 g/mol. The lowest BCUT2D eigenvalue weighted by Crippen LogP contribution is -2.45. The van der Waals surface area contributed by atoms with Gasteiger partial charge in [-0.2, -0.15) is 5.26 Å². The van der Waals surface area contributed by atoms with E-state index in [1.165, 1.54) is 0 Å². The van der Waals surface area contributed by atoms with E-state index >= 15 is 0 Å². The summed E-state index contributed by atoms with van der Waals surface area (Å²) in [6.07, 6.45) is 0.432. The summed E-state index contributed by atoms with van der Waals surface area (Å²) in [6, 6.07) is 6.19. The third kappa shape index (κ3) is 5.40. The van der Waals surface area contributed by atoms with Gasteiger partial charge in [-0.25, -0.2) is 0 Å². The highest BCUT2D eigenvalue weighted by Crippen LogP contribution is 2.39. The van der Waals surface area contributed by atoms with E-state index in [1.807, 2.05) is 12.1 Å². The molecule has 0 amide bonds. The fourth-order valence-corrected chi connectivity index (χ4v) is 3.14. The minimum absolute atomic E-state index is 0. The van der Waals surface area contributed by atoms with Crippen molar-refractivity contribution in [2.75, 3.05) is 40.4 Å². The summed E-state index contributed by atoms with van der Waals surface area (Å²) >= 11 is 3.47. The number of nitrogens with zero attached hydrogens (tertiary/aromatic N) is 2. The first kappa shape index (κ1) is 22.3. The van der Waals surface area contributed by atoms with Crippen LogP contribution in [0.5, 0.6) is 11.5 Å². The largest absolute Gasteiger partial charge is 0.496 e. The number of nitriles is 1. The molecule has 1 aliphatic rings. The van der Waals surface area contributed by atoms with Crippen molar-refractivity contribution in [3.8, 4) is 17.6 Å². The van der Waals surface area contributed by atoms with Crippen molar-refractivity contribution in [2.24, 2.45) is 0 Å². The van der Waals surface area contributed by atoms with Gasteiger partial charge >= 0.3 is 0 Å². The zero-order valence-corrected chi connectivity index (χ0v) is 16.4. The van der Waals surface area contributed by atoms with Gasteiger partial charge in [0, 0.05) is 31.7 Å². The smallest absolute Gasteiger partial charge is 0.133 e. The van der Waals surface area contributed by atoms with Crippen LogP contribution in [0.15, 0.2) is 16.6 Å². The fourth-order valence-electron chi connectivity index (χ4n) is 2.66. The van der Waals surface area contributed by atoms with E-state index in [0.29, 0.717) is 6.42 Å². The molecule has 0 saturated carbocycles. The minimum atomic E-state index is 0. The van der Waals surface area contributed by atoms with E-state index in [1.54, 1.807) is 14.2 Å². The maximum atomic E-state index is 9.20. The molecule has 1 aliphatic heterocycles. The highest BCUT2D eigenvalue weighted by atomic mass is 79.9. The van der Waals surface area contributed by atoms with Crippen LogP contribution in [0.25, 0.3) is 0 Å². The first-order valence-corrected chi connectivity index (χ1v) is 7.73. The summed E-state index contributed by atoms with van der Waals surface area (Å²) in [5.74, 6) is 1.53. The first-order chi connectivity index (χ1) is 10.2. The molecule has 1 aromatic carbocycles. The molecule has 0 spiro atoms. The van der Waals surface area contributed by atoms with E-state index in [2.05, 4.69) is 32.2 Å². The molecule has 1 saturated heterocycles. The van der Waals surface area contributed by atoms with Crippen molar-refractivity contribution >= 4 is 40.7 Å². The number of ether oxygens (including phenoxy) is 2. The van der Waals surface area contributed by atoms with E-state index in [4.69, 9.17) is 9.47 Å². The van der Waals surface area contributed by atoms with E-state index in [-0.39, 0.29) is 30.9 Å². The molecule has 0 unspecified atom stereocenters. The molecule has 0 aromatic heterocycles. The topological polar surface area (TPSA) is 57.5 Å². The minimum Gasteiger partial charge on any atom is -0.496 e. The number of nitrogens with one attached hydrogen (secondary N) is 1. The van der Waals surface area contributed by atoms with Crippen LogP contribution in [0, 0.1) is 11.3 Å². The Morgan fingerprint density at radius 3 is 2.35 bits per heavy atom. The van der Waals surface area contributed by atoms with Gasteiger partial charge < -0.3 is 14.8 Å². The highest BCUT2D eigenvalue weighted by Gasteiger charge is 2.26. The Morgan fingerprint density at radius 2 is 1.83 bits per heavy atom. The Bertz CT molecular complexity index is 534. The van der Waals surface area contributed by atoms with E-state index in [0.717, 1.165) is 47.7 Å². The van der Waals surface area contributed by atoms with Crippen LogP contribution in [0.3, 0.4) is 0 Å². The summed E-state index contributed by atoms with van der Waals surface area (Å²) in [5, 5.41) is 12.5. The zero-order chi connectivity index (χ0) is 15.2. The highest BCUT2D eigenvalue weighted by molar-refractivity contribution is 9.10. The van der Waals surface area contributed by atoms with Crippen molar-refractivity contribution in [2.45, 2.75) is 12.5 Å². The number of halogens is 3. The number of rotatable bonds is 5. The third-order valence-electron chi connectivity index (χ3n) is 3.74. The van der Waals surface area contributed by atoms with Gasteiger partial charge in [0.25, 0.3) is 0 Å². The Morgan fingerprint density at radius 1 is 1.22 bits per heavy atom. The summed E-state index contributed by atoms with van der Waals surface area (Å²) in [4.78, 5) is 2.32. The summed E-state index contributed by atoms with van der Waals surface area (Å²) in [6.45, 7) is 3.73. The van der Waals surface area contributed by atoms with Crippen LogP contribution >= 0.6 is 40.7 Å². The Kier molecular flexibility index (Phi) is 10.6. The number of piperazine rings is 1. The molecule has 23 heavy (non-hydrogen) atoms. The summed E-state index contributed by atoms with van der Waals surface area (Å²) < 4.78 is 11.7. The molecule has 0 radical (unpaired) electrons. The fraction of sp³-hybridized carbons (Fsp3) is 0.533. The molecule has 2 rings (SSSR count). The van der Waals surface area contributed by atoms with Gasteiger partial charge in [0.15, 0.2) is 0 Å². The predicted octanol–water partition coefficient (Wildman–Crippen LogP) is 3.17. The van der Waals surface area contributed by atoms with Crippen LogP contribution in [0.2, 0.25) is 0 Å². The van der Waals surface area contributed by atoms with Gasteiger partial charge in [-0.1, -0.05) is 0 Å². The Labute approximate surface area is 158 Å². The van der Waals surface area contributed by atoms with Crippen molar-refractivity contribution in [1.82, 2.24) is 10.2 Å². The molecule has 130 valence electrons.